The first kappa shape index (κ1) is 99.1. The number of carbonyl (C=O) groups excluding carboxylic acids is 4. The van der Waals surface area contributed by atoms with E-state index in [2.05, 4.69) is 48.5 Å². The Morgan fingerprint density at radius 3 is 0.673 bits per heavy atom. The number of aliphatic hydroxyl groups is 1. The van der Waals surface area contributed by atoms with Crippen molar-refractivity contribution < 1.29 is 80.2 Å². The van der Waals surface area contributed by atoms with Crippen molar-refractivity contribution >= 4 is 39.5 Å². The van der Waals surface area contributed by atoms with Crippen LogP contribution in [-0.4, -0.2) is 96.7 Å². The maximum Gasteiger partial charge on any atom is 0.472 e. The van der Waals surface area contributed by atoms with E-state index in [-0.39, 0.29) is 25.7 Å². The van der Waals surface area contributed by atoms with Gasteiger partial charge in [0.05, 0.1) is 26.4 Å². The van der Waals surface area contributed by atoms with Gasteiger partial charge in [-0.2, -0.15) is 0 Å². The summed E-state index contributed by atoms with van der Waals surface area (Å²) in [5.74, 6) is 0.116. The molecular weight excluding hydrogens is 1320 g/mol. The normalized spacial score (nSPS) is 14.0. The fourth-order valence-electron chi connectivity index (χ4n) is 12.7. The van der Waals surface area contributed by atoms with Crippen molar-refractivity contribution in [1.29, 1.82) is 0 Å². The van der Waals surface area contributed by atoms with E-state index in [4.69, 9.17) is 37.0 Å². The van der Waals surface area contributed by atoms with Crippen LogP contribution in [0.15, 0.2) is 0 Å². The van der Waals surface area contributed by atoms with Gasteiger partial charge in [0.1, 0.15) is 19.3 Å². The third-order valence-electron chi connectivity index (χ3n) is 19.1. The largest absolute Gasteiger partial charge is 0.472 e. The summed E-state index contributed by atoms with van der Waals surface area (Å²) in [6.45, 7) is 11.9. The summed E-state index contributed by atoms with van der Waals surface area (Å²) in [5.41, 5.74) is 0. The van der Waals surface area contributed by atoms with Crippen LogP contribution in [-0.2, 0) is 65.4 Å². The zero-order valence-electron chi connectivity index (χ0n) is 66.4. The van der Waals surface area contributed by atoms with Gasteiger partial charge in [-0.25, -0.2) is 9.13 Å². The smallest absolute Gasteiger partial charge is 0.462 e. The molecule has 0 aromatic carbocycles. The van der Waals surface area contributed by atoms with Gasteiger partial charge in [-0.3, -0.25) is 37.3 Å². The van der Waals surface area contributed by atoms with E-state index in [0.29, 0.717) is 31.6 Å². The highest BCUT2D eigenvalue weighted by atomic mass is 31.2. The maximum absolute atomic E-state index is 13.1. The van der Waals surface area contributed by atoms with Crippen molar-refractivity contribution in [2.24, 2.45) is 17.8 Å². The van der Waals surface area contributed by atoms with Gasteiger partial charge in [0.15, 0.2) is 12.2 Å². The number of rotatable bonds is 80. The van der Waals surface area contributed by atoms with Gasteiger partial charge in [-0.05, 0) is 43.4 Å². The Balaban J connectivity index is 5.20. The minimum Gasteiger partial charge on any atom is -0.462 e. The van der Waals surface area contributed by atoms with E-state index in [1.54, 1.807) is 0 Å². The molecule has 0 saturated heterocycles. The molecule has 0 heterocycles. The van der Waals surface area contributed by atoms with Crippen molar-refractivity contribution in [3.8, 4) is 0 Å². The number of phosphoric acid groups is 2. The van der Waals surface area contributed by atoms with Crippen molar-refractivity contribution in [2.75, 3.05) is 39.6 Å². The van der Waals surface area contributed by atoms with E-state index in [0.717, 1.165) is 108 Å². The Morgan fingerprint density at radius 2 is 0.455 bits per heavy atom. The van der Waals surface area contributed by atoms with Gasteiger partial charge in [-0.1, -0.05) is 376 Å². The summed E-state index contributed by atoms with van der Waals surface area (Å²) in [6.07, 6.45) is 61.4. The second-order valence-corrected chi connectivity index (χ2v) is 33.8. The number of aliphatic hydroxyl groups excluding tert-OH is 1. The van der Waals surface area contributed by atoms with Gasteiger partial charge < -0.3 is 33.8 Å². The zero-order valence-corrected chi connectivity index (χ0v) is 68.2. The minimum absolute atomic E-state index is 0.105. The Hall–Kier alpha value is -1.94. The molecule has 0 aliphatic rings. The van der Waals surface area contributed by atoms with Gasteiger partial charge in [-0.15, -0.1) is 0 Å². The van der Waals surface area contributed by atoms with Crippen LogP contribution in [0.3, 0.4) is 0 Å². The quantitative estimate of drug-likeness (QED) is 0.0222. The van der Waals surface area contributed by atoms with Crippen LogP contribution in [0.4, 0.5) is 0 Å². The summed E-state index contributed by atoms with van der Waals surface area (Å²) in [7, 11) is -9.92. The lowest BCUT2D eigenvalue weighted by Crippen LogP contribution is -2.30. The number of ether oxygens (including phenoxy) is 4. The average molecular weight is 1480 g/mol. The average Bonchev–Trinajstić information content (AvgIpc) is 0.979. The second kappa shape index (κ2) is 72.3. The highest BCUT2D eigenvalue weighted by molar-refractivity contribution is 7.47. The molecule has 0 rings (SSSR count). The fraction of sp³-hybridized carbons (Fsp3) is 0.951. The first-order chi connectivity index (χ1) is 48.7. The van der Waals surface area contributed by atoms with Gasteiger partial charge >= 0.3 is 39.5 Å². The Morgan fingerprint density at radius 1 is 0.267 bits per heavy atom. The lowest BCUT2D eigenvalue weighted by atomic mass is 10.0. The molecule has 0 bridgehead atoms. The van der Waals surface area contributed by atoms with Crippen LogP contribution in [0.1, 0.15) is 427 Å². The van der Waals surface area contributed by atoms with Crippen molar-refractivity contribution in [3.05, 3.63) is 0 Å². The molecule has 2 unspecified atom stereocenters. The molecule has 101 heavy (non-hydrogen) atoms. The number of hydrogen-bond donors (Lipinski definition) is 3. The van der Waals surface area contributed by atoms with E-state index < -0.39 is 97.5 Å². The lowest BCUT2D eigenvalue weighted by Gasteiger charge is -2.21. The van der Waals surface area contributed by atoms with E-state index in [1.165, 1.54) is 231 Å². The van der Waals surface area contributed by atoms with Gasteiger partial charge in [0.25, 0.3) is 0 Å². The number of esters is 4. The van der Waals surface area contributed by atoms with Gasteiger partial charge in [0.2, 0.25) is 0 Å². The molecule has 0 radical (unpaired) electrons. The molecule has 0 spiro atoms. The van der Waals surface area contributed by atoms with Crippen molar-refractivity contribution in [3.63, 3.8) is 0 Å². The van der Waals surface area contributed by atoms with Gasteiger partial charge in [0, 0.05) is 25.7 Å². The predicted octanol–water partition coefficient (Wildman–Crippen LogP) is 24.5. The van der Waals surface area contributed by atoms with E-state index in [1.807, 2.05) is 0 Å². The number of carbonyl (C=O) groups is 4. The van der Waals surface area contributed by atoms with E-state index >= 15 is 0 Å². The Bertz CT molecular complexity index is 1960. The van der Waals surface area contributed by atoms with Crippen molar-refractivity contribution in [1.82, 2.24) is 0 Å². The summed E-state index contributed by atoms with van der Waals surface area (Å²) in [5, 5.41) is 10.6. The highest BCUT2D eigenvalue weighted by Crippen LogP contribution is 2.45. The van der Waals surface area contributed by atoms with Crippen LogP contribution in [0.2, 0.25) is 0 Å². The topological polar surface area (TPSA) is 237 Å². The molecule has 3 N–H and O–H groups in total. The SMILES string of the molecule is CCCCCCCCCCCCCCCCCCCCCCCCC(=O)O[C@H](COC(=O)CCCCCCCCCCCCCCCCC(C)C)COP(=O)(O)OC[C@@H](O)COP(=O)(O)OC[C@@H](COC(=O)CCCCCCCCC(C)C)OC(=O)CCCCCCCCCCCCC(C)C. The highest BCUT2D eigenvalue weighted by Gasteiger charge is 2.30. The standard InChI is InChI=1S/C82H160O17P2/c1-8-9-10-11-12-13-14-15-16-17-18-19-20-21-22-23-28-31-37-42-51-58-65-81(86)98-77(69-92-79(84)63-56-49-41-36-30-27-25-24-26-29-34-39-46-53-60-73(2)3)71-96-100(88,89)94-67-76(83)68-95-101(90,91)97-72-78(70-93-80(85)64-57-50-45-44-48-55-62-75(6)7)99-82(87)66-59-52-43-38-33-32-35-40-47-54-61-74(4)5/h73-78,83H,8-72H2,1-7H3,(H,88,89)(H,90,91)/t76-,77-,78-/m1/s1. The molecule has 19 heteroatoms. The van der Waals surface area contributed by atoms with Crippen LogP contribution in [0.5, 0.6) is 0 Å². The summed E-state index contributed by atoms with van der Waals surface area (Å²) < 4.78 is 68.7. The Kier molecular flexibility index (Phi) is 70.9. The zero-order chi connectivity index (χ0) is 74.4. The number of unbranched alkanes of at least 4 members (excludes halogenated alkanes) is 48. The third kappa shape index (κ3) is 76.1. The summed E-state index contributed by atoms with van der Waals surface area (Å²) >= 11 is 0. The van der Waals surface area contributed by atoms with Crippen LogP contribution >= 0.6 is 15.6 Å². The van der Waals surface area contributed by atoms with Crippen LogP contribution in [0.25, 0.3) is 0 Å². The van der Waals surface area contributed by atoms with Crippen LogP contribution in [0, 0.1) is 17.8 Å². The minimum atomic E-state index is -4.96. The second-order valence-electron chi connectivity index (χ2n) is 30.9. The first-order valence-corrected chi connectivity index (χ1v) is 45.3. The number of phosphoric ester groups is 2. The Labute approximate surface area is 619 Å². The van der Waals surface area contributed by atoms with Crippen LogP contribution < -0.4 is 0 Å². The predicted molar refractivity (Wildman–Crippen MR) is 414 cm³/mol. The summed E-state index contributed by atoms with van der Waals surface area (Å²) in [4.78, 5) is 73.0. The summed E-state index contributed by atoms with van der Waals surface area (Å²) in [6, 6.07) is 0. The molecule has 0 amide bonds. The fourth-order valence-corrected chi connectivity index (χ4v) is 14.2. The molecule has 0 aromatic rings. The molecule has 0 aliphatic heterocycles. The molecule has 0 aromatic heterocycles. The number of hydrogen-bond acceptors (Lipinski definition) is 15. The molecule has 0 saturated carbocycles. The third-order valence-corrected chi connectivity index (χ3v) is 21.0. The molecule has 600 valence electrons. The van der Waals surface area contributed by atoms with E-state index in [9.17, 15) is 43.2 Å². The monoisotopic (exact) mass is 1480 g/mol. The molecule has 5 atom stereocenters. The first-order valence-electron chi connectivity index (χ1n) is 42.3. The van der Waals surface area contributed by atoms with Crippen molar-refractivity contribution in [2.45, 2.75) is 446 Å². The molecule has 0 aliphatic carbocycles. The molecular formula is C82H160O17P2. The molecule has 0 fully saturated rings. The molecule has 17 nitrogen and oxygen atoms in total. The lowest BCUT2D eigenvalue weighted by molar-refractivity contribution is -0.161. The maximum atomic E-state index is 13.1.